The van der Waals surface area contributed by atoms with Crippen LogP contribution < -0.4 is 5.32 Å². The summed E-state index contributed by atoms with van der Waals surface area (Å²) in [6.07, 6.45) is 37.1. The second kappa shape index (κ2) is 26.6. The van der Waals surface area contributed by atoms with Crippen molar-refractivity contribution in [1.82, 2.24) is 0 Å². The summed E-state index contributed by atoms with van der Waals surface area (Å²) in [4.78, 5) is 0. The van der Waals surface area contributed by atoms with Gasteiger partial charge in [0.2, 0.25) is 0 Å². The summed E-state index contributed by atoms with van der Waals surface area (Å²) in [6.45, 7) is 6.91. The monoisotopic (exact) mass is 590 g/mol. The van der Waals surface area contributed by atoms with Crippen molar-refractivity contribution in [2.24, 2.45) is 0 Å². The molecule has 244 valence electrons. The first-order chi connectivity index (χ1) is 21.3. The lowest BCUT2D eigenvalue weighted by Crippen LogP contribution is -1.99. The fourth-order valence-corrected chi connectivity index (χ4v) is 6.46. The molecule has 0 radical (unpaired) electrons. The highest BCUT2D eigenvalue weighted by Crippen LogP contribution is 2.25. The fourth-order valence-electron chi connectivity index (χ4n) is 6.46. The number of aryl methyl sites for hydroxylation is 3. The third-order valence-corrected chi connectivity index (χ3v) is 9.37. The van der Waals surface area contributed by atoms with E-state index in [0.29, 0.717) is 0 Å². The number of benzene rings is 2. The van der Waals surface area contributed by atoms with E-state index in [9.17, 15) is 0 Å². The molecule has 0 fully saturated rings. The van der Waals surface area contributed by atoms with Crippen LogP contribution in [0.2, 0.25) is 0 Å². The normalized spacial score (nSPS) is 11.3. The van der Waals surface area contributed by atoms with Gasteiger partial charge in [-0.25, -0.2) is 0 Å². The van der Waals surface area contributed by atoms with Crippen LogP contribution in [0.15, 0.2) is 42.5 Å². The first-order valence-corrected chi connectivity index (χ1v) is 19.2. The van der Waals surface area contributed by atoms with Crippen LogP contribution >= 0.6 is 0 Å². The number of unbranched alkanes of at least 4 members (excludes halogenated alkanes) is 21. The summed E-state index contributed by atoms with van der Waals surface area (Å²) in [5.41, 5.74) is 7.14. The predicted octanol–water partition coefficient (Wildman–Crippen LogP) is 14.5. The zero-order valence-corrected chi connectivity index (χ0v) is 29.1. The molecule has 2 rings (SSSR count). The summed E-state index contributed by atoms with van der Waals surface area (Å²) in [5, 5.41) is 3.73. The molecule has 0 spiro atoms. The van der Waals surface area contributed by atoms with Gasteiger partial charge < -0.3 is 5.32 Å². The van der Waals surface area contributed by atoms with Crippen LogP contribution in [0.5, 0.6) is 0 Å². The van der Waals surface area contributed by atoms with E-state index < -0.39 is 0 Å². The van der Waals surface area contributed by atoms with Gasteiger partial charge in [-0.2, -0.15) is 0 Å². The van der Waals surface area contributed by atoms with Gasteiger partial charge in [0.15, 0.2) is 0 Å². The lowest BCUT2D eigenvalue weighted by Gasteiger charge is -2.14. The minimum Gasteiger partial charge on any atom is -0.356 e. The Hall–Kier alpha value is -1.76. The molecule has 0 saturated carbocycles. The SMILES string of the molecule is CCCCCCCCCCc1ccc(Nc2ccc(CCCCCCCCCC)c(CCCCCCCCCC)c2)cc1. The predicted molar refractivity (Wildman–Crippen MR) is 195 cm³/mol. The van der Waals surface area contributed by atoms with E-state index in [1.165, 1.54) is 190 Å². The Bertz CT molecular complexity index is 882. The molecule has 0 unspecified atom stereocenters. The first-order valence-electron chi connectivity index (χ1n) is 19.2. The molecule has 0 heterocycles. The summed E-state index contributed by atoms with van der Waals surface area (Å²) in [7, 11) is 0. The smallest absolute Gasteiger partial charge is 0.0387 e. The summed E-state index contributed by atoms with van der Waals surface area (Å²) < 4.78 is 0. The number of hydrogen-bond acceptors (Lipinski definition) is 1. The number of nitrogens with one attached hydrogen (secondary N) is 1. The Balaban J connectivity index is 1.82. The summed E-state index contributed by atoms with van der Waals surface area (Å²) in [5.74, 6) is 0. The zero-order valence-electron chi connectivity index (χ0n) is 29.1. The molecule has 0 amide bonds. The van der Waals surface area contributed by atoms with Crippen molar-refractivity contribution in [2.75, 3.05) is 5.32 Å². The van der Waals surface area contributed by atoms with Gasteiger partial charge in [0.1, 0.15) is 0 Å². The Morgan fingerprint density at radius 3 is 1.19 bits per heavy atom. The minimum atomic E-state index is 1.21. The van der Waals surface area contributed by atoms with Crippen LogP contribution in [-0.2, 0) is 19.3 Å². The van der Waals surface area contributed by atoms with Gasteiger partial charge in [-0.3, -0.25) is 0 Å². The van der Waals surface area contributed by atoms with Crippen molar-refractivity contribution in [2.45, 2.75) is 194 Å². The third-order valence-electron chi connectivity index (χ3n) is 9.37. The van der Waals surface area contributed by atoms with Crippen molar-refractivity contribution in [3.05, 3.63) is 59.2 Å². The van der Waals surface area contributed by atoms with Crippen LogP contribution in [0.3, 0.4) is 0 Å². The molecular weight excluding hydrogens is 518 g/mol. The standard InChI is InChI=1S/C42H71N/c1-4-7-10-13-16-19-22-25-28-38-31-34-41(35-32-38)43-42-36-33-39(29-26-23-20-17-14-11-8-5-2)40(37-42)30-27-24-21-18-15-12-9-6-3/h31-37,43H,4-30H2,1-3H3. The Labute approximate surface area is 269 Å². The molecule has 1 heteroatoms. The maximum Gasteiger partial charge on any atom is 0.0387 e. The maximum atomic E-state index is 3.73. The molecule has 0 atom stereocenters. The van der Waals surface area contributed by atoms with Gasteiger partial charge >= 0.3 is 0 Å². The molecule has 2 aromatic rings. The average Bonchev–Trinajstić information content (AvgIpc) is 3.02. The van der Waals surface area contributed by atoms with E-state index in [-0.39, 0.29) is 0 Å². The van der Waals surface area contributed by atoms with Gasteiger partial charge in [0, 0.05) is 11.4 Å². The fraction of sp³-hybridized carbons (Fsp3) is 0.714. The van der Waals surface area contributed by atoms with E-state index in [0.717, 1.165) is 0 Å². The Morgan fingerprint density at radius 2 is 0.721 bits per heavy atom. The van der Waals surface area contributed by atoms with Crippen LogP contribution in [0, 0.1) is 0 Å². The molecule has 0 bridgehead atoms. The minimum absolute atomic E-state index is 1.21. The first kappa shape index (κ1) is 37.4. The highest BCUT2D eigenvalue weighted by molar-refractivity contribution is 5.61. The number of rotatable bonds is 29. The van der Waals surface area contributed by atoms with Crippen molar-refractivity contribution in [3.8, 4) is 0 Å². The Morgan fingerprint density at radius 1 is 0.349 bits per heavy atom. The molecule has 0 saturated heterocycles. The topological polar surface area (TPSA) is 12.0 Å². The van der Waals surface area contributed by atoms with Crippen molar-refractivity contribution in [3.63, 3.8) is 0 Å². The van der Waals surface area contributed by atoms with Crippen LogP contribution in [0.4, 0.5) is 11.4 Å². The van der Waals surface area contributed by atoms with E-state index >= 15 is 0 Å². The molecule has 2 aromatic carbocycles. The summed E-state index contributed by atoms with van der Waals surface area (Å²) in [6, 6.07) is 16.5. The lowest BCUT2D eigenvalue weighted by atomic mass is 9.95. The van der Waals surface area contributed by atoms with E-state index in [2.05, 4.69) is 68.6 Å². The molecular formula is C42H71N. The summed E-state index contributed by atoms with van der Waals surface area (Å²) >= 11 is 0. The molecule has 0 aliphatic carbocycles. The van der Waals surface area contributed by atoms with Gasteiger partial charge in [-0.1, -0.05) is 174 Å². The van der Waals surface area contributed by atoms with Gasteiger partial charge in [0.05, 0.1) is 0 Å². The third kappa shape index (κ3) is 19.3. The van der Waals surface area contributed by atoms with Crippen LogP contribution in [0.25, 0.3) is 0 Å². The maximum absolute atomic E-state index is 3.73. The zero-order chi connectivity index (χ0) is 30.6. The second-order valence-corrected chi connectivity index (χ2v) is 13.5. The van der Waals surface area contributed by atoms with E-state index in [4.69, 9.17) is 0 Å². The largest absolute Gasteiger partial charge is 0.356 e. The highest BCUT2D eigenvalue weighted by atomic mass is 14.9. The highest BCUT2D eigenvalue weighted by Gasteiger charge is 2.06. The molecule has 1 N–H and O–H groups in total. The number of anilines is 2. The van der Waals surface area contributed by atoms with E-state index in [1.807, 2.05) is 0 Å². The lowest BCUT2D eigenvalue weighted by molar-refractivity contribution is 0.570. The van der Waals surface area contributed by atoms with Crippen molar-refractivity contribution in [1.29, 1.82) is 0 Å². The molecule has 1 nitrogen and oxygen atoms in total. The van der Waals surface area contributed by atoms with Crippen molar-refractivity contribution < 1.29 is 0 Å². The molecule has 0 aromatic heterocycles. The average molecular weight is 590 g/mol. The van der Waals surface area contributed by atoms with Crippen LogP contribution in [0.1, 0.15) is 192 Å². The van der Waals surface area contributed by atoms with Gasteiger partial charge in [0.25, 0.3) is 0 Å². The molecule has 43 heavy (non-hydrogen) atoms. The number of hydrogen-bond donors (Lipinski definition) is 1. The van der Waals surface area contributed by atoms with E-state index in [1.54, 1.807) is 11.1 Å². The van der Waals surface area contributed by atoms with Gasteiger partial charge in [-0.15, -0.1) is 0 Å². The van der Waals surface area contributed by atoms with Crippen molar-refractivity contribution >= 4 is 11.4 Å². The Kier molecular flexibility index (Phi) is 23.2. The van der Waals surface area contributed by atoms with Crippen LogP contribution in [-0.4, -0.2) is 0 Å². The molecule has 0 aliphatic heterocycles. The quantitative estimate of drug-likeness (QED) is 0.0931. The second-order valence-electron chi connectivity index (χ2n) is 13.5. The van der Waals surface area contributed by atoms with Gasteiger partial charge in [-0.05, 0) is 79.5 Å². The molecule has 0 aliphatic rings.